The van der Waals surface area contributed by atoms with Crippen molar-refractivity contribution in [3.05, 3.63) is 54.1 Å². The highest BCUT2D eigenvalue weighted by Crippen LogP contribution is 2.36. The van der Waals surface area contributed by atoms with E-state index < -0.39 is 11.7 Å². The summed E-state index contributed by atoms with van der Waals surface area (Å²) in [4.78, 5) is 24.5. The van der Waals surface area contributed by atoms with Crippen LogP contribution in [0.3, 0.4) is 0 Å². The number of benzene rings is 2. The Bertz CT molecular complexity index is 1100. The molecule has 3 aromatic rings. The van der Waals surface area contributed by atoms with Crippen LogP contribution in [0.1, 0.15) is 50.0 Å². The van der Waals surface area contributed by atoms with Crippen LogP contribution in [-0.4, -0.2) is 37.8 Å². The number of rotatable bonds is 5. The highest BCUT2D eigenvalue weighted by atomic mass is 16.6. The van der Waals surface area contributed by atoms with E-state index in [4.69, 9.17) is 4.74 Å². The molecule has 0 atom stereocenters. The van der Waals surface area contributed by atoms with Gasteiger partial charge in [0.05, 0.1) is 6.04 Å². The highest BCUT2D eigenvalue weighted by molar-refractivity contribution is 6.04. The second kappa shape index (κ2) is 8.17. The van der Waals surface area contributed by atoms with Gasteiger partial charge in [-0.15, -0.1) is 5.10 Å². The van der Waals surface area contributed by atoms with Crippen LogP contribution in [0, 0.1) is 0 Å². The zero-order valence-electron chi connectivity index (χ0n) is 17.6. The van der Waals surface area contributed by atoms with Crippen molar-refractivity contribution in [3.63, 3.8) is 0 Å². The van der Waals surface area contributed by atoms with Crippen molar-refractivity contribution in [1.29, 1.82) is 0 Å². The van der Waals surface area contributed by atoms with Gasteiger partial charge in [-0.3, -0.25) is 10.1 Å². The maximum Gasteiger partial charge on any atom is 0.412 e. The molecule has 1 aliphatic rings. The molecule has 1 saturated carbocycles. The summed E-state index contributed by atoms with van der Waals surface area (Å²) in [5.41, 5.74) is 1.90. The summed E-state index contributed by atoms with van der Waals surface area (Å²) in [6.45, 7) is 5.38. The van der Waals surface area contributed by atoms with E-state index in [1.807, 2.05) is 28.9 Å². The number of carbonyl (C=O) groups excluding carboxylic acids is 2. The Kier molecular flexibility index (Phi) is 5.41. The van der Waals surface area contributed by atoms with Crippen LogP contribution < -0.4 is 10.6 Å². The van der Waals surface area contributed by atoms with E-state index in [1.165, 1.54) is 0 Å². The molecule has 1 heterocycles. The Hall–Kier alpha value is -3.75. The van der Waals surface area contributed by atoms with E-state index in [2.05, 4.69) is 26.2 Å². The fourth-order valence-electron chi connectivity index (χ4n) is 3.01. The van der Waals surface area contributed by atoms with Gasteiger partial charge in [0.1, 0.15) is 5.60 Å². The maximum atomic E-state index is 12.6. The number of nitrogens with one attached hydrogen (secondary N) is 2. The SMILES string of the molecule is CC(C)(C)OC(=O)Nc1ccc(C(=O)Nc2cccc(-c3nnnn3C3CC3)c2)cc1. The van der Waals surface area contributed by atoms with Crippen LogP contribution in [0.2, 0.25) is 0 Å². The Morgan fingerprint density at radius 2 is 1.77 bits per heavy atom. The minimum atomic E-state index is -0.583. The summed E-state index contributed by atoms with van der Waals surface area (Å²) in [6.07, 6.45) is 1.61. The lowest BCUT2D eigenvalue weighted by atomic mass is 10.1. The van der Waals surface area contributed by atoms with Gasteiger partial charge in [0.25, 0.3) is 5.91 Å². The largest absolute Gasteiger partial charge is 0.444 e. The summed E-state index contributed by atoms with van der Waals surface area (Å²) >= 11 is 0. The van der Waals surface area contributed by atoms with Crippen LogP contribution in [0.15, 0.2) is 48.5 Å². The second-order valence-corrected chi connectivity index (χ2v) is 8.42. The van der Waals surface area contributed by atoms with Crippen molar-refractivity contribution in [3.8, 4) is 11.4 Å². The van der Waals surface area contributed by atoms with Crippen molar-refractivity contribution in [2.45, 2.75) is 45.3 Å². The number of anilines is 2. The van der Waals surface area contributed by atoms with Gasteiger partial charge in [-0.05, 0) is 80.4 Å². The first-order valence-corrected chi connectivity index (χ1v) is 10.1. The van der Waals surface area contributed by atoms with Gasteiger partial charge in [-0.1, -0.05) is 12.1 Å². The molecule has 2 aromatic carbocycles. The molecule has 0 unspecified atom stereocenters. The highest BCUT2D eigenvalue weighted by Gasteiger charge is 2.28. The van der Waals surface area contributed by atoms with E-state index in [9.17, 15) is 9.59 Å². The molecule has 0 spiro atoms. The third-order valence-corrected chi connectivity index (χ3v) is 4.56. The standard InChI is InChI=1S/C22H24N6O3/c1-22(2,3)31-21(30)24-16-9-7-14(8-10-16)20(29)23-17-6-4-5-15(13-17)19-25-26-27-28(19)18-11-12-18/h4-10,13,18H,11-12H2,1-3H3,(H,23,29)(H,24,30). The summed E-state index contributed by atoms with van der Waals surface area (Å²) < 4.78 is 7.05. The Labute approximate surface area is 179 Å². The Balaban J connectivity index is 1.41. The van der Waals surface area contributed by atoms with Crippen LogP contribution in [0.25, 0.3) is 11.4 Å². The fraction of sp³-hybridized carbons (Fsp3) is 0.318. The molecule has 1 aromatic heterocycles. The molecule has 4 rings (SSSR count). The average Bonchev–Trinajstić information content (AvgIpc) is 3.43. The number of hydrogen-bond donors (Lipinski definition) is 2. The van der Waals surface area contributed by atoms with E-state index in [0.717, 1.165) is 18.4 Å². The fourth-order valence-corrected chi connectivity index (χ4v) is 3.01. The molecule has 1 fully saturated rings. The second-order valence-electron chi connectivity index (χ2n) is 8.42. The van der Waals surface area contributed by atoms with Gasteiger partial charge < -0.3 is 10.1 Å². The van der Waals surface area contributed by atoms with Gasteiger partial charge in [0, 0.05) is 22.5 Å². The molecule has 160 valence electrons. The lowest BCUT2D eigenvalue weighted by molar-refractivity contribution is 0.0636. The molecule has 2 amide bonds. The quantitative estimate of drug-likeness (QED) is 0.637. The molecule has 0 radical (unpaired) electrons. The van der Waals surface area contributed by atoms with E-state index in [1.54, 1.807) is 45.0 Å². The van der Waals surface area contributed by atoms with Gasteiger partial charge in [-0.2, -0.15) is 0 Å². The first-order chi connectivity index (χ1) is 14.8. The lowest BCUT2D eigenvalue weighted by Gasteiger charge is -2.19. The van der Waals surface area contributed by atoms with Crippen LogP contribution in [0.5, 0.6) is 0 Å². The minimum Gasteiger partial charge on any atom is -0.444 e. The number of tetrazole rings is 1. The number of aromatic nitrogens is 4. The molecule has 1 aliphatic carbocycles. The Morgan fingerprint density at radius 3 is 2.45 bits per heavy atom. The molecule has 0 bridgehead atoms. The zero-order valence-corrected chi connectivity index (χ0v) is 17.6. The first-order valence-electron chi connectivity index (χ1n) is 10.1. The number of amides is 2. The summed E-state index contributed by atoms with van der Waals surface area (Å²) in [6, 6.07) is 14.4. The van der Waals surface area contributed by atoms with Crippen molar-refractivity contribution in [2.24, 2.45) is 0 Å². The molecule has 9 nitrogen and oxygen atoms in total. The summed E-state index contributed by atoms with van der Waals surface area (Å²) in [7, 11) is 0. The Morgan fingerprint density at radius 1 is 1.03 bits per heavy atom. The minimum absolute atomic E-state index is 0.261. The van der Waals surface area contributed by atoms with E-state index in [-0.39, 0.29) is 5.91 Å². The van der Waals surface area contributed by atoms with Crippen LogP contribution in [-0.2, 0) is 4.74 Å². The van der Waals surface area contributed by atoms with Gasteiger partial charge in [0.2, 0.25) is 0 Å². The predicted octanol–water partition coefficient (Wildman–Crippen LogP) is 4.27. The van der Waals surface area contributed by atoms with Crippen LogP contribution >= 0.6 is 0 Å². The number of carbonyl (C=O) groups is 2. The molecule has 2 N–H and O–H groups in total. The zero-order chi connectivity index (χ0) is 22.0. The first kappa shape index (κ1) is 20.5. The molecule has 9 heteroatoms. The van der Waals surface area contributed by atoms with Crippen molar-refractivity contribution < 1.29 is 14.3 Å². The van der Waals surface area contributed by atoms with E-state index >= 15 is 0 Å². The molecule has 0 saturated heterocycles. The third kappa shape index (κ3) is 5.25. The molecular weight excluding hydrogens is 396 g/mol. The van der Waals surface area contributed by atoms with Crippen molar-refractivity contribution >= 4 is 23.4 Å². The smallest absolute Gasteiger partial charge is 0.412 e. The molecule has 0 aliphatic heterocycles. The maximum absolute atomic E-state index is 12.6. The van der Waals surface area contributed by atoms with Crippen molar-refractivity contribution in [1.82, 2.24) is 20.2 Å². The topological polar surface area (TPSA) is 111 Å². The van der Waals surface area contributed by atoms with Gasteiger partial charge in [-0.25, -0.2) is 9.48 Å². The van der Waals surface area contributed by atoms with Crippen LogP contribution in [0.4, 0.5) is 16.2 Å². The number of ether oxygens (including phenoxy) is 1. The molecule has 31 heavy (non-hydrogen) atoms. The van der Waals surface area contributed by atoms with Gasteiger partial charge >= 0.3 is 6.09 Å². The van der Waals surface area contributed by atoms with E-state index in [0.29, 0.717) is 28.8 Å². The monoisotopic (exact) mass is 420 g/mol. The summed E-state index contributed by atoms with van der Waals surface area (Å²) in [5, 5.41) is 17.5. The predicted molar refractivity (Wildman–Crippen MR) is 116 cm³/mol. The normalized spacial score (nSPS) is 13.5. The average molecular weight is 420 g/mol. The number of nitrogens with zero attached hydrogens (tertiary/aromatic N) is 4. The lowest BCUT2D eigenvalue weighted by Crippen LogP contribution is -2.27. The molecular formula is C22H24N6O3. The number of hydrogen-bond acceptors (Lipinski definition) is 6. The summed E-state index contributed by atoms with van der Waals surface area (Å²) in [5.74, 6) is 0.430. The third-order valence-electron chi connectivity index (χ3n) is 4.56. The van der Waals surface area contributed by atoms with Crippen molar-refractivity contribution in [2.75, 3.05) is 10.6 Å². The van der Waals surface area contributed by atoms with Gasteiger partial charge in [0.15, 0.2) is 5.82 Å².